The second-order valence-electron chi connectivity index (χ2n) is 23.1. The van der Waals surface area contributed by atoms with Crippen LogP contribution in [0.25, 0.3) is 0 Å². The van der Waals surface area contributed by atoms with E-state index in [2.05, 4.69) is 93.7 Å². The van der Waals surface area contributed by atoms with E-state index in [1.165, 1.54) is 225 Å². The van der Waals surface area contributed by atoms with Crippen molar-refractivity contribution in [3.05, 3.63) is 72.9 Å². The maximum atomic E-state index is 12.9. The standard InChI is InChI=1S/C73H130O6/c1-4-7-10-13-16-19-22-25-28-31-34-35-36-37-40-42-45-48-51-54-57-60-63-66-72(75)78-69-70(79-73(76)67-64-61-58-55-52-49-46-43-39-33-30-27-24-21-18-15-12-9-6-3)68-77-71(74)65-62-59-56-53-50-47-44-41-38-32-29-26-23-20-17-14-11-8-5-2/h18,21-22,25-27,29-31,34,39,43,70H,4-17,19-20,23-24,28,32-33,35-38,40-42,44-69H2,1-3H3/b21-18-,25-22-,29-26-,30-27-,34-31-,43-39-. The first-order valence-electron chi connectivity index (χ1n) is 34.4. The average Bonchev–Trinajstić information content (AvgIpc) is 3.45. The lowest BCUT2D eigenvalue weighted by Gasteiger charge is -2.18. The average molecular weight is 1100 g/mol. The molecule has 0 radical (unpaired) electrons. The van der Waals surface area contributed by atoms with Crippen molar-refractivity contribution >= 4 is 17.9 Å². The van der Waals surface area contributed by atoms with Crippen molar-refractivity contribution in [3.8, 4) is 0 Å². The van der Waals surface area contributed by atoms with Gasteiger partial charge >= 0.3 is 17.9 Å². The zero-order valence-electron chi connectivity index (χ0n) is 52.6. The van der Waals surface area contributed by atoms with Crippen molar-refractivity contribution in [1.29, 1.82) is 0 Å². The van der Waals surface area contributed by atoms with Crippen molar-refractivity contribution in [2.45, 2.75) is 361 Å². The molecule has 1 unspecified atom stereocenters. The van der Waals surface area contributed by atoms with Gasteiger partial charge in [-0.2, -0.15) is 0 Å². The highest BCUT2D eigenvalue weighted by molar-refractivity contribution is 5.71. The number of allylic oxidation sites excluding steroid dienone is 12. The summed E-state index contributed by atoms with van der Waals surface area (Å²) >= 11 is 0. The summed E-state index contributed by atoms with van der Waals surface area (Å²) < 4.78 is 17.0. The van der Waals surface area contributed by atoms with Crippen LogP contribution >= 0.6 is 0 Å². The van der Waals surface area contributed by atoms with Gasteiger partial charge in [0, 0.05) is 19.3 Å². The molecule has 1 atom stereocenters. The molecule has 0 amide bonds. The van der Waals surface area contributed by atoms with Crippen molar-refractivity contribution < 1.29 is 28.6 Å². The van der Waals surface area contributed by atoms with E-state index in [4.69, 9.17) is 14.2 Å². The van der Waals surface area contributed by atoms with Gasteiger partial charge in [0.2, 0.25) is 0 Å². The highest BCUT2D eigenvalue weighted by atomic mass is 16.6. The third-order valence-corrected chi connectivity index (χ3v) is 15.2. The van der Waals surface area contributed by atoms with Gasteiger partial charge in [0.05, 0.1) is 0 Å². The second kappa shape index (κ2) is 67.4. The Bertz CT molecular complexity index is 1450. The Balaban J connectivity index is 4.37. The Labute approximate surface area is 491 Å². The van der Waals surface area contributed by atoms with Gasteiger partial charge < -0.3 is 14.2 Å². The van der Waals surface area contributed by atoms with Gasteiger partial charge in [0.1, 0.15) is 13.2 Å². The Hall–Kier alpha value is -3.15. The van der Waals surface area contributed by atoms with Gasteiger partial charge in [-0.1, -0.05) is 293 Å². The molecule has 0 rings (SSSR count). The molecule has 0 bridgehead atoms. The summed E-state index contributed by atoms with van der Waals surface area (Å²) in [7, 11) is 0. The Kier molecular flexibility index (Phi) is 64.7. The van der Waals surface area contributed by atoms with Crippen LogP contribution in [0.5, 0.6) is 0 Å². The maximum absolute atomic E-state index is 12.9. The van der Waals surface area contributed by atoms with Crippen LogP contribution < -0.4 is 0 Å². The lowest BCUT2D eigenvalue weighted by molar-refractivity contribution is -0.167. The molecule has 0 saturated carbocycles. The van der Waals surface area contributed by atoms with Crippen molar-refractivity contribution in [3.63, 3.8) is 0 Å². The number of unbranched alkanes of at least 4 members (excludes halogenated alkanes) is 40. The molecule has 0 N–H and O–H groups in total. The first kappa shape index (κ1) is 75.8. The second-order valence-corrected chi connectivity index (χ2v) is 23.1. The number of ether oxygens (including phenoxy) is 3. The normalized spacial score (nSPS) is 12.5. The number of hydrogen-bond acceptors (Lipinski definition) is 6. The van der Waals surface area contributed by atoms with Gasteiger partial charge in [-0.05, 0) is 116 Å². The van der Waals surface area contributed by atoms with Crippen LogP contribution in [0.3, 0.4) is 0 Å². The molecule has 0 spiro atoms. The minimum atomic E-state index is -0.786. The molecule has 6 nitrogen and oxygen atoms in total. The van der Waals surface area contributed by atoms with E-state index in [1.54, 1.807) is 0 Å². The van der Waals surface area contributed by atoms with Crippen LogP contribution in [0, 0.1) is 0 Å². The zero-order chi connectivity index (χ0) is 57.1. The summed E-state index contributed by atoms with van der Waals surface area (Å²) in [6.45, 7) is 6.63. The molecule has 0 aromatic heterocycles. The molecule has 0 heterocycles. The van der Waals surface area contributed by atoms with E-state index in [0.717, 1.165) is 89.9 Å². The zero-order valence-corrected chi connectivity index (χ0v) is 52.6. The van der Waals surface area contributed by atoms with E-state index in [1.807, 2.05) is 0 Å². The number of carbonyl (C=O) groups excluding carboxylic acids is 3. The van der Waals surface area contributed by atoms with E-state index in [0.29, 0.717) is 19.3 Å². The van der Waals surface area contributed by atoms with Crippen LogP contribution in [0.2, 0.25) is 0 Å². The van der Waals surface area contributed by atoms with Gasteiger partial charge in [-0.3, -0.25) is 14.4 Å². The quantitative estimate of drug-likeness (QED) is 0.0261. The third kappa shape index (κ3) is 65.5. The van der Waals surface area contributed by atoms with Crippen molar-refractivity contribution in [1.82, 2.24) is 0 Å². The molecule has 6 heteroatoms. The largest absolute Gasteiger partial charge is 0.462 e. The summed E-state index contributed by atoms with van der Waals surface area (Å²) in [6, 6.07) is 0. The number of carbonyl (C=O) groups is 3. The van der Waals surface area contributed by atoms with E-state index >= 15 is 0 Å². The minimum Gasteiger partial charge on any atom is -0.462 e. The Morgan fingerprint density at radius 2 is 0.456 bits per heavy atom. The van der Waals surface area contributed by atoms with Crippen LogP contribution in [-0.2, 0) is 28.6 Å². The van der Waals surface area contributed by atoms with E-state index in [-0.39, 0.29) is 31.1 Å². The molecule has 79 heavy (non-hydrogen) atoms. The van der Waals surface area contributed by atoms with Crippen molar-refractivity contribution in [2.75, 3.05) is 13.2 Å². The lowest BCUT2D eigenvalue weighted by Crippen LogP contribution is -2.30. The highest BCUT2D eigenvalue weighted by Gasteiger charge is 2.19. The van der Waals surface area contributed by atoms with Crippen molar-refractivity contribution in [2.24, 2.45) is 0 Å². The monoisotopic (exact) mass is 1100 g/mol. The molecule has 0 aliphatic carbocycles. The fourth-order valence-electron chi connectivity index (χ4n) is 9.95. The Morgan fingerprint density at radius 3 is 0.747 bits per heavy atom. The molecule has 0 fully saturated rings. The van der Waals surface area contributed by atoms with E-state index < -0.39 is 6.10 Å². The summed E-state index contributed by atoms with van der Waals surface area (Å²) in [4.78, 5) is 38.5. The smallest absolute Gasteiger partial charge is 0.306 e. The molecule has 0 aromatic carbocycles. The fraction of sp³-hybridized carbons (Fsp3) is 0.795. The number of rotatable bonds is 63. The van der Waals surface area contributed by atoms with Crippen LogP contribution in [0.4, 0.5) is 0 Å². The first-order valence-corrected chi connectivity index (χ1v) is 34.4. The van der Waals surface area contributed by atoms with Gasteiger partial charge in [-0.25, -0.2) is 0 Å². The minimum absolute atomic E-state index is 0.0805. The van der Waals surface area contributed by atoms with Crippen LogP contribution in [0.1, 0.15) is 355 Å². The molecule has 0 aliphatic rings. The SMILES string of the molecule is CCCCC/C=C\C/C=C\C/C=C\CCCCCCCCC(=O)OC(COC(=O)CCCCCCCCCCC/C=C\CCCCCCCC)COC(=O)CCCCCCCCCCCCC/C=C\C/C=C\CCCCCCC. The molecule has 458 valence electrons. The summed E-state index contributed by atoms with van der Waals surface area (Å²) in [5.74, 6) is -0.878. The first-order chi connectivity index (χ1) is 39.0. The van der Waals surface area contributed by atoms with Crippen LogP contribution in [0.15, 0.2) is 72.9 Å². The predicted molar refractivity (Wildman–Crippen MR) is 344 cm³/mol. The maximum Gasteiger partial charge on any atom is 0.306 e. The summed E-state index contributed by atoms with van der Waals surface area (Å²) in [5, 5.41) is 0. The molecular weight excluding hydrogens is 973 g/mol. The van der Waals surface area contributed by atoms with E-state index in [9.17, 15) is 14.4 Å². The molecule has 0 aliphatic heterocycles. The van der Waals surface area contributed by atoms with Gasteiger partial charge in [0.25, 0.3) is 0 Å². The number of hydrogen-bond donors (Lipinski definition) is 0. The summed E-state index contributed by atoms with van der Waals surface area (Å²) in [6.07, 6.45) is 87.6. The summed E-state index contributed by atoms with van der Waals surface area (Å²) in [5.41, 5.74) is 0. The van der Waals surface area contributed by atoms with Gasteiger partial charge in [-0.15, -0.1) is 0 Å². The molecule has 0 saturated heterocycles. The third-order valence-electron chi connectivity index (χ3n) is 15.2. The van der Waals surface area contributed by atoms with Gasteiger partial charge in [0.15, 0.2) is 6.10 Å². The fourth-order valence-corrected chi connectivity index (χ4v) is 9.95. The highest BCUT2D eigenvalue weighted by Crippen LogP contribution is 2.17. The topological polar surface area (TPSA) is 78.9 Å². The van der Waals surface area contributed by atoms with Crippen LogP contribution in [-0.4, -0.2) is 37.2 Å². The lowest BCUT2D eigenvalue weighted by atomic mass is 10.0. The predicted octanol–water partition coefficient (Wildman–Crippen LogP) is 23.7. The Morgan fingerprint density at radius 1 is 0.253 bits per heavy atom. The number of esters is 3. The molecule has 0 aromatic rings. The molecular formula is C73H130O6.